The normalized spacial score (nSPS) is 21.3. The van der Waals surface area contributed by atoms with E-state index in [2.05, 4.69) is 29.5 Å². The number of nitrogens with zero attached hydrogens (tertiary/aromatic N) is 1. The average molecular weight is 270 g/mol. The fourth-order valence-electron chi connectivity index (χ4n) is 1.98. The number of thiazole rings is 1. The number of aryl methyl sites for hydroxylation is 1. The average Bonchev–Trinajstić information content (AvgIpc) is 2.75. The summed E-state index contributed by atoms with van der Waals surface area (Å²) in [7, 11) is 0. The lowest BCUT2D eigenvalue weighted by molar-refractivity contribution is -0.136. The van der Waals surface area contributed by atoms with E-state index >= 15 is 0 Å². The van der Waals surface area contributed by atoms with E-state index < -0.39 is 0 Å². The molecule has 1 saturated heterocycles. The van der Waals surface area contributed by atoms with E-state index in [1.807, 2.05) is 6.92 Å². The lowest BCUT2D eigenvalue weighted by Gasteiger charge is -2.42. The maximum Gasteiger partial charge on any atom is 0.113 e. The minimum Gasteiger partial charge on any atom is -0.396 e. The van der Waals surface area contributed by atoms with Gasteiger partial charge in [-0.15, -0.1) is 11.3 Å². The molecule has 0 aromatic carbocycles. The molecule has 1 aliphatic heterocycles. The summed E-state index contributed by atoms with van der Waals surface area (Å²) in [6, 6.07) is 0. The third kappa shape index (κ3) is 2.59. The van der Waals surface area contributed by atoms with Crippen LogP contribution in [0.2, 0.25) is 0 Å². The summed E-state index contributed by atoms with van der Waals surface area (Å²) in [5.74, 6) is 0. The largest absolute Gasteiger partial charge is 0.396 e. The van der Waals surface area contributed by atoms with Crippen molar-refractivity contribution in [2.75, 3.05) is 26.4 Å². The van der Waals surface area contributed by atoms with Gasteiger partial charge in [-0.05, 0) is 20.3 Å². The molecule has 18 heavy (non-hydrogen) atoms. The molecular weight excluding hydrogens is 248 g/mol. The Morgan fingerprint density at radius 3 is 2.72 bits per heavy atom. The molecule has 0 bridgehead atoms. The first-order valence-electron chi connectivity index (χ1n) is 6.40. The summed E-state index contributed by atoms with van der Waals surface area (Å²) >= 11 is 1.70. The highest BCUT2D eigenvalue weighted by Gasteiger charge is 2.40. The molecule has 5 heteroatoms. The van der Waals surface area contributed by atoms with E-state index in [-0.39, 0.29) is 17.6 Å². The molecule has 2 heterocycles. The second-order valence-electron chi connectivity index (χ2n) is 5.48. The van der Waals surface area contributed by atoms with Crippen molar-refractivity contribution >= 4 is 11.3 Å². The first kappa shape index (κ1) is 13.9. The molecule has 0 spiro atoms. The number of aliphatic hydroxyl groups is 1. The van der Waals surface area contributed by atoms with Crippen LogP contribution < -0.4 is 5.32 Å². The topological polar surface area (TPSA) is 54.4 Å². The number of rotatable bonds is 6. The molecule has 1 aromatic heterocycles. The Hall–Kier alpha value is -0.490. The van der Waals surface area contributed by atoms with Gasteiger partial charge in [0.05, 0.1) is 30.8 Å². The van der Waals surface area contributed by atoms with Crippen molar-refractivity contribution < 1.29 is 9.84 Å². The van der Waals surface area contributed by atoms with Gasteiger partial charge in [0.15, 0.2) is 0 Å². The van der Waals surface area contributed by atoms with Crippen molar-refractivity contribution in [2.24, 2.45) is 5.41 Å². The van der Waals surface area contributed by atoms with Gasteiger partial charge >= 0.3 is 0 Å². The highest BCUT2D eigenvalue weighted by atomic mass is 32.1. The zero-order valence-electron chi connectivity index (χ0n) is 11.3. The molecule has 1 unspecified atom stereocenters. The molecule has 1 atom stereocenters. The van der Waals surface area contributed by atoms with E-state index in [1.165, 1.54) is 0 Å². The third-order valence-electron chi connectivity index (χ3n) is 3.80. The van der Waals surface area contributed by atoms with Crippen LogP contribution in [0.5, 0.6) is 0 Å². The van der Waals surface area contributed by atoms with Crippen LogP contribution >= 0.6 is 11.3 Å². The van der Waals surface area contributed by atoms with Crippen molar-refractivity contribution in [2.45, 2.75) is 32.7 Å². The van der Waals surface area contributed by atoms with E-state index in [1.54, 1.807) is 11.3 Å². The number of nitrogens with one attached hydrogen (secondary N) is 1. The van der Waals surface area contributed by atoms with Gasteiger partial charge in [0.25, 0.3) is 0 Å². The van der Waals surface area contributed by atoms with Crippen LogP contribution in [0.15, 0.2) is 5.38 Å². The first-order chi connectivity index (χ1) is 8.53. The smallest absolute Gasteiger partial charge is 0.113 e. The van der Waals surface area contributed by atoms with Crippen molar-refractivity contribution in [3.8, 4) is 0 Å². The molecule has 0 saturated carbocycles. The molecule has 2 N–H and O–H groups in total. The van der Waals surface area contributed by atoms with Gasteiger partial charge in [0.1, 0.15) is 5.01 Å². The van der Waals surface area contributed by atoms with Crippen LogP contribution in [0.4, 0.5) is 0 Å². The number of hydrogen-bond acceptors (Lipinski definition) is 5. The lowest BCUT2D eigenvalue weighted by Crippen LogP contribution is -2.55. The summed E-state index contributed by atoms with van der Waals surface area (Å²) < 4.78 is 5.22. The Bertz CT molecular complexity index is 398. The minimum atomic E-state index is -0.114. The Morgan fingerprint density at radius 1 is 1.61 bits per heavy atom. The molecular formula is C13H22N2O2S. The van der Waals surface area contributed by atoms with Crippen LogP contribution in [-0.4, -0.2) is 36.5 Å². The molecule has 0 aliphatic carbocycles. The summed E-state index contributed by atoms with van der Waals surface area (Å²) in [4.78, 5) is 4.59. The number of ether oxygens (including phenoxy) is 1. The van der Waals surface area contributed by atoms with Crippen LogP contribution in [0, 0.1) is 12.3 Å². The molecule has 4 nitrogen and oxygen atoms in total. The van der Waals surface area contributed by atoms with Crippen molar-refractivity contribution in [1.29, 1.82) is 0 Å². The van der Waals surface area contributed by atoms with Crippen LogP contribution in [-0.2, 0) is 10.3 Å². The van der Waals surface area contributed by atoms with Gasteiger partial charge in [0.2, 0.25) is 0 Å². The Balaban J connectivity index is 2.04. The maximum absolute atomic E-state index is 9.45. The highest BCUT2D eigenvalue weighted by Crippen LogP contribution is 2.31. The van der Waals surface area contributed by atoms with Crippen LogP contribution in [0.3, 0.4) is 0 Å². The van der Waals surface area contributed by atoms with Gasteiger partial charge in [-0.25, -0.2) is 4.98 Å². The SMILES string of the molecule is CCC(C)(NCC1(CO)COC1)c1nc(C)cs1. The zero-order valence-corrected chi connectivity index (χ0v) is 12.1. The Morgan fingerprint density at radius 2 is 2.33 bits per heavy atom. The second kappa shape index (κ2) is 5.25. The van der Waals surface area contributed by atoms with Crippen molar-refractivity contribution in [3.05, 3.63) is 16.1 Å². The van der Waals surface area contributed by atoms with E-state index in [0.717, 1.165) is 23.7 Å². The zero-order chi connectivity index (χ0) is 13.2. The number of aliphatic hydroxyl groups excluding tert-OH is 1. The molecule has 1 aliphatic rings. The summed E-state index contributed by atoms with van der Waals surface area (Å²) in [5, 5.41) is 16.2. The highest BCUT2D eigenvalue weighted by molar-refractivity contribution is 7.09. The number of hydrogen-bond donors (Lipinski definition) is 2. The molecule has 0 amide bonds. The van der Waals surface area contributed by atoms with Gasteiger partial charge < -0.3 is 15.2 Å². The minimum absolute atomic E-state index is 0.0945. The lowest BCUT2D eigenvalue weighted by atomic mass is 9.85. The first-order valence-corrected chi connectivity index (χ1v) is 7.28. The standard InChI is InChI=1S/C13H22N2O2S/c1-4-12(3,11-15-10(2)5-18-11)14-6-13(7-16)8-17-9-13/h5,14,16H,4,6-9H2,1-3H3. The molecule has 0 radical (unpaired) electrons. The van der Waals surface area contributed by atoms with Gasteiger partial charge in [0, 0.05) is 17.6 Å². The predicted molar refractivity (Wildman–Crippen MR) is 72.8 cm³/mol. The van der Waals surface area contributed by atoms with Crippen LogP contribution in [0.25, 0.3) is 0 Å². The summed E-state index contributed by atoms with van der Waals surface area (Å²) in [6.07, 6.45) is 0.975. The third-order valence-corrected chi connectivity index (χ3v) is 5.03. The quantitative estimate of drug-likeness (QED) is 0.826. The molecule has 1 aromatic rings. The number of aromatic nitrogens is 1. The van der Waals surface area contributed by atoms with Gasteiger partial charge in [-0.2, -0.15) is 0 Å². The van der Waals surface area contributed by atoms with E-state index in [9.17, 15) is 5.11 Å². The van der Waals surface area contributed by atoms with Crippen molar-refractivity contribution in [1.82, 2.24) is 10.3 Å². The predicted octanol–water partition coefficient (Wildman–Crippen LogP) is 1.68. The summed E-state index contributed by atoms with van der Waals surface area (Å²) in [6.45, 7) is 8.59. The fraction of sp³-hybridized carbons (Fsp3) is 0.769. The second-order valence-corrected chi connectivity index (χ2v) is 6.34. The van der Waals surface area contributed by atoms with Crippen LogP contribution in [0.1, 0.15) is 31.0 Å². The van der Waals surface area contributed by atoms with Gasteiger partial charge in [-0.1, -0.05) is 6.92 Å². The summed E-state index contributed by atoms with van der Waals surface area (Å²) in [5.41, 5.74) is 0.861. The fourth-order valence-corrected chi connectivity index (χ4v) is 2.99. The van der Waals surface area contributed by atoms with E-state index in [4.69, 9.17) is 4.74 Å². The Labute approximate surface area is 112 Å². The maximum atomic E-state index is 9.45. The van der Waals surface area contributed by atoms with Crippen molar-refractivity contribution in [3.63, 3.8) is 0 Å². The molecule has 1 fully saturated rings. The van der Waals surface area contributed by atoms with Gasteiger partial charge in [-0.3, -0.25) is 0 Å². The molecule has 102 valence electrons. The molecule has 2 rings (SSSR count). The Kier molecular flexibility index (Phi) is 4.06. The monoisotopic (exact) mass is 270 g/mol. The van der Waals surface area contributed by atoms with E-state index in [0.29, 0.717) is 13.2 Å².